The van der Waals surface area contributed by atoms with E-state index in [1.165, 1.54) is 24.4 Å². The van der Waals surface area contributed by atoms with Gasteiger partial charge in [-0.1, -0.05) is 48.5 Å². The molecule has 29 heavy (non-hydrogen) atoms. The van der Waals surface area contributed by atoms with Crippen molar-refractivity contribution in [1.29, 1.82) is 0 Å². The SMILES string of the molecule is O=C(c1ccccc1)[C@@H]1[C@H]2C(=O)N(c3ccccc3F)C(=O)[C@H]2[C@H]2C=CC=NN21. The van der Waals surface area contributed by atoms with Crippen LogP contribution < -0.4 is 4.90 Å². The second-order valence-corrected chi connectivity index (χ2v) is 7.21. The summed E-state index contributed by atoms with van der Waals surface area (Å²) in [5.74, 6) is -3.75. The molecule has 7 heteroatoms. The monoisotopic (exact) mass is 389 g/mol. The van der Waals surface area contributed by atoms with Gasteiger partial charge in [0.2, 0.25) is 11.8 Å². The van der Waals surface area contributed by atoms with Gasteiger partial charge in [0.15, 0.2) is 5.78 Å². The number of para-hydroxylation sites is 1. The van der Waals surface area contributed by atoms with E-state index in [9.17, 15) is 18.8 Å². The molecular formula is C22H16FN3O3. The summed E-state index contributed by atoms with van der Waals surface area (Å²) in [5.41, 5.74) is 0.351. The average Bonchev–Trinajstić information content (AvgIpc) is 3.22. The normalized spacial score (nSPS) is 27.3. The first-order valence-corrected chi connectivity index (χ1v) is 9.30. The molecule has 2 amide bonds. The van der Waals surface area contributed by atoms with E-state index >= 15 is 0 Å². The molecule has 5 rings (SSSR count). The first kappa shape index (κ1) is 17.5. The topological polar surface area (TPSA) is 70.0 Å². The number of carbonyl (C=O) groups excluding carboxylic acids is 3. The Kier molecular flexibility index (Phi) is 3.91. The zero-order chi connectivity index (χ0) is 20.1. The molecular weight excluding hydrogens is 373 g/mol. The molecule has 144 valence electrons. The maximum absolute atomic E-state index is 14.4. The number of imide groups is 1. The fourth-order valence-corrected chi connectivity index (χ4v) is 4.48. The highest BCUT2D eigenvalue weighted by Gasteiger charge is 2.64. The van der Waals surface area contributed by atoms with E-state index in [1.54, 1.807) is 53.6 Å². The highest BCUT2D eigenvalue weighted by molar-refractivity contribution is 6.24. The number of amides is 2. The molecule has 0 radical (unpaired) electrons. The minimum atomic E-state index is -0.931. The first-order chi connectivity index (χ1) is 14.1. The fourth-order valence-electron chi connectivity index (χ4n) is 4.48. The smallest absolute Gasteiger partial charge is 0.240 e. The zero-order valence-corrected chi connectivity index (χ0v) is 15.2. The molecule has 6 nitrogen and oxygen atoms in total. The summed E-state index contributed by atoms with van der Waals surface area (Å²) >= 11 is 0. The van der Waals surface area contributed by atoms with E-state index in [4.69, 9.17) is 0 Å². The third-order valence-electron chi connectivity index (χ3n) is 5.71. The van der Waals surface area contributed by atoms with Crippen molar-refractivity contribution in [3.8, 4) is 0 Å². The quantitative estimate of drug-likeness (QED) is 0.597. The van der Waals surface area contributed by atoms with Gasteiger partial charge >= 0.3 is 0 Å². The van der Waals surface area contributed by atoms with Crippen molar-refractivity contribution >= 4 is 29.5 Å². The zero-order valence-electron chi connectivity index (χ0n) is 15.2. The Hall–Kier alpha value is -3.61. The molecule has 4 atom stereocenters. The van der Waals surface area contributed by atoms with Gasteiger partial charge in [0.05, 0.1) is 23.6 Å². The van der Waals surface area contributed by atoms with E-state index in [0.29, 0.717) is 5.56 Å². The van der Waals surface area contributed by atoms with Gasteiger partial charge < -0.3 is 0 Å². The van der Waals surface area contributed by atoms with Gasteiger partial charge in [-0.3, -0.25) is 19.4 Å². The van der Waals surface area contributed by atoms with Crippen LogP contribution in [0.4, 0.5) is 10.1 Å². The number of Topliss-reactive ketones (excluding diaryl/α,β-unsaturated/α-hetero) is 1. The molecule has 0 saturated carbocycles. The summed E-state index contributed by atoms with van der Waals surface area (Å²) in [5, 5.41) is 5.83. The van der Waals surface area contributed by atoms with Crippen LogP contribution in [0.1, 0.15) is 10.4 Å². The van der Waals surface area contributed by atoms with Crippen LogP contribution in [-0.2, 0) is 9.59 Å². The Morgan fingerprint density at radius 2 is 1.62 bits per heavy atom. The molecule has 0 bridgehead atoms. The van der Waals surface area contributed by atoms with E-state index in [0.717, 1.165) is 4.90 Å². The number of nitrogens with zero attached hydrogens (tertiary/aromatic N) is 3. The lowest BCUT2D eigenvalue weighted by molar-refractivity contribution is -0.123. The summed E-state index contributed by atoms with van der Waals surface area (Å²) in [4.78, 5) is 40.7. The number of benzene rings is 2. The van der Waals surface area contributed by atoms with E-state index in [-0.39, 0.29) is 11.5 Å². The standard InChI is InChI=1S/C22H16FN3O3/c23-14-9-4-5-10-15(14)25-21(28)17-16-11-6-12-24-26(16)19(18(17)22(25)29)20(27)13-7-2-1-3-8-13/h1-12,16-19H/t16-,17+,18+,19+/m1/s1. The average molecular weight is 389 g/mol. The number of allylic oxidation sites excluding steroid dienone is 1. The number of halogens is 1. The van der Waals surface area contributed by atoms with Gasteiger partial charge in [-0.25, -0.2) is 9.29 Å². The maximum Gasteiger partial charge on any atom is 0.240 e. The van der Waals surface area contributed by atoms with E-state index in [2.05, 4.69) is 5.10 Å². The lowest BCUT2D eigenvalue weighted by Crippen LogP contribution is -2.46. The first-order valence-electron chi connectivity index (χ1n) is 9.30. The summed E-state index contributed by atoms with van der Waals surface area (Å²) in [6, 6.07) is 12.8. The van der Waals surface area contributed by atoms with Crippen molar-refractivity contribution in [2.75, 3.05) is 4.90 Å². The molecule has 3 heterocycles. The Bertz CT molecular complexity index is 1080. The van der Waals surface area contributed by atoms with Gasteiger partial charge in [-0.05, 0) is 18.2 Å². The second kappa shape index (κ2) is 6.48. The highest BCUT2D eigenvalue weighted by atomic mass is 19.1. The van der Waals surface area contributed by atoms with Crippen LogP contribution in [-0.4, -0.2) is 40.9 Å². The van der Waals surface area contributed by atoms with Gasteiger partial charge in [0, 0.05) is 11.8 Å². The van der Waals surface area contributed by atoms with Crippen LogP contribution in [0, 0.1) is 17.7 Å². The maximum atomic E-state index is 14.4. The van der Waals surface area contributed by atoms with Crippen molar-refractivity contribution in [3.05, 3.63) is 78.1 Å². The molecule has 0 aliphatic carbocycles. The Balaban J connectivity index is 1.61. The molecule has 2 aromatic rings. The van der Waals surface area contributed by atoms with Crippen molar-refractivity contribution < 1.29 is 18.8 Å². The molecule has 0 spiro atoms. The summed E-state index contributed by atoms with van der Waals surface area (Å²) in [6.45, 7) is 0. The van der Waals surface area contributed by atoms with Crippen LogP contribution in [0.5, 0.6) is 0 Å². The highest BCUT2D eigenvalue weighted by Crippen LogP contribution is 2.46. The minimum Gasteiger partial charge on any atom is -0.292 e. The summed E-state index contributed by atoms with van der Waals surface area (Å²) in [7, 11) is 0. The number of ketones is 1. The lowest BCUT2D eigenvalue weighted by Gasteiger charge is -2.30. The number of rotatable bonds is 3. The van der Waals surface area contributed by atoms with Gasteiger partial charge in [0.25, 0.3) is 0 Å². The van der Waals surface area contributed by atoms with Crippen LogP contribution >= 0.6 is 0 Å². The Labute approximate surface area is 165 Å². The van der Waals surface area contributed by atoms with Gasteiger partial charge in [0.1, 0.15) is 11.9 Å². The number of hydrogen-bond acceptors (Lipinski definition) is 5. The Morgan fingerprint density at radius 3 is 2.38 bits per heavy atom. The predicted molar refractivity (Wildman–Crippen MR) is 104 cm³/mol. The number of hydrogen-bond donors (Lipinski definition) is 0. The van der Waals surface area contributed by atoms with E-state index in [1.807, 2.05) is 0 Å². The Morgan fingerprint density at radius 1 is 0.931 bits per heavy atom. The number of anilines is 1. The minimum absolute atomic E-state index is 0.0855. The van der Waals surface area contributed by atoms with Crippen molar-refractivity contribution in [2.24, 2.45) is 16.9 Å². The number of hydrazone groups is 1. The van der Waals surface area contributed by atoms with Crippen LogP contribution in [0.2, 0.25) is 0 Å². The third kappa shape index (κ3) is 2.47. The molecule has 0 N–H and O–H groups in total. The number of carbonyl (C=O) groups is 3. The van der Waals surface area contributed by atoms with Crippen LogP contribution in [0.25, 0.3) is 0 Å². The van der Waals surface area contributed by atoms with Crippen molar-refractivity contribution in [1.82, 2.24) is 5.01 Å². The molecule has 3 aliphatic rings. The van der Waals surface area contributed by atoms with E-state index < -0.39 is 41.6 Å². The third-order valence-corrected chi connectivity index (χ3v) is 5.71. The van der Waals surface area contributed by atoms with Gasteiger partial charge in [-0.2, -0.15) is 5.10 Å². The van der Waals surface area contributed by atoms with Crippen molar-refractivity contribution in [2.45, 2.75) is 12.1 Å². The lowest BCUT2D eigenvalue weighted by atomic mass is 9.86. The molecule has 2 saturated heterocycles. The molecule has 3 aliphatic heterocycles. The second-order valence-electron chi connectivity index (χ2n) is 7.21. The molecule has 0 aromatic heterocycles. The summed E-state index contributed by atoms with van der Waals surface area (Å²) in [6.07, 6.45) is 4.99. The molecule has 2 fully saturated rings. The van der Waals surface area contributed by atoms with Gasteiger partial charge in [-0.15, -0.1) is 0 Å². The predicted octanol–water partition coefficient (Wildman–Crippen LogP) is 2.42. The number of fused-ring (bicyclic) bond motifs is 3. The van der Waals surface area contributed by atoms with Crippen LogP contribution in [0.3, 0.4) is 0 Å². The molecule has 0 unspecified atom stereocenters. The van der Waals surface area contributed by atoms with Crippen molar-refractivity contribution in [3.63, 3.8) is 0 Å². The fraction of sp³-hybridized carbons (Fsp3) is 0.182. The van der Waals surface area contributed by atoms with Crippen LogP contribution in [0.15, 0.2) is 71.9 Å². The molecule has 2 aromatic carbocycles. The largest absolute Gasteiger partial charge is 0.292 e. The summed E-state index contributed by atoms with van der Waals surface area (Å²) < 4.78 is 14.4.